The van der Waals surface area contributed by atoms with E-state index in [2.05, 4.69) is 35.0 Å². The van der Waals surface area contributed by atoms with E-state index in [1.54, 1.807) is 36.9 Å². The summed E-state index contributed by atoms with van der Waals surface area (Å²) in [5.74, 6) is 0.497. The quantitative estimate of drug-likeness (QED) is 0.135. The summed E-state index contributed by atoms with van der Waals surface area (Å²) in [5, 5.41) is 7.98. The average molecular weight is 718 g/mol. The summed E-state index contributed by atoms with van der Waals surface area (Å²) in [6.07, 6.45) is 0.966. The van der Waals surface area contributed by atoms with Crippen LogP contribution in [0.5, 0.6) is 0 Å². The van der Waals surface area contributed by atoms with Crippen LogP contribution in [0.3, 0.4) is 0 Å². The van der Waals surface area contributed by atoms with Crippen molar-refractivity contribution < 1.29 is 23.0 Å². The van der Waals surface area contributed by atoms with Crippen LogP contribution in [0.4, 0.5) is 19.5 Å². The van der Waals surface area contributed by atoms with E-state index in [9.17, 15) is 18.4 Å². The van der Waals surface area contributed by atoms with Gasteiger partial charge < -0.3 is 24.3 Å². The molecule has 0 saturated carbocycles. The standard InChI is InChI=1S/C34H46ClF2N7O4Si/c1-9-43-28(29(36)37)26-22(40-43)12-11-20(27(26)35)21-17-42(18-47-14-15-49(6,7)8)30-25(21)31(45)41(5)32(39-30)44-19-10-13-24(44)23(16-19)38-33(46)48-34(2,3)4/h11-12,17,19,23-24,29H,9-10,13-16,18H2,1-8H3,(H,38,46)/t19-,23+,24+/m0/s1. The van der Waals surface area contributed by atoms with Crippen LogP contribution in [-0.2, 0) is 29.8 Å². The maximum atomic E-state index is 14.4. The molecule has 15 heteroatoms. The monoisotopic (exact) mass is 717 g/mol. The first-order chi connectivity index (χ1) is 23.0. The van der Waals surface area contributed by atoms with E-state index in [0.717, 1.165) is 18.9 Å². The zero-order chi connectivity index (χ0) is 35.6. The van der Waals surface area contributed by atoms with Gasteiger partial charge in [0.25, 0.3) is 12.0 Å². The zero-order valence-corrected chi connectivity index (χ0v) is 31.2. The fourth-order valence-electron chi connectivity index (χ4n) is 7.17. The predicted molar refractivity (Wildman–Crippen MR) is 191 cm³/mol. The van der Waals surface area contributed by atoms with Crippen LogP contribution in [0, 0.1) is 0 Å². The predicted octanol–water partition coefficient (Wildman–Crippen LogP) is 7.31. The van der Waals surface area contributed by atoms with E-state index < -0.39 is 26.2 Å². The van der Waals surface area contributed by atoms with E-state index in [1.807, 2.05) is 20.8 Å². The second-order valence-electron chi connectivity index (χ2n) is 15.4. The molecular weight excluding hydrogens is 672 g/mol. The Kier molecular flexibility index (Phi) is 9.37. The van der Waals surface area contributed by atoms with Gasteiger partial charge >= 0.3 is 6.09 Å². The minimum absolute atomic E-state index is 0.0660. The van der Waals surface area contributed by atoms with Crippen molar-refractivity contribution in [1.29, 1.82) is 0 Å². The summed E-state index contributed by atoms with van der Waals surface area (Å²) in [6.45, 7) is 15.0. The summed E-state index contributed by atoms with van der Waals surface area (Å²) in [6, 6.07) is 4.20. The van der Waals surface area contributed by atoms with E-state index in [0.29, 0.717) is 46.7 Å². The molecule has 2 saturated heterocycles. The van der Waals surface area contributed by atoms with Gasteiger partial charge in [-0.2, -0.15) is 10.1 Å². The van der Waals surface area contributed by atoms with Crippen molar-refractivity contribution in [3.05, 3.63) is 39.4 Å². The first-order valence-corrected chi connectivity index (χ1v) is 21.0. The number of ether oxygens (including phenoxy) is 2. The molecule has 2 fully saturated rings. The lowest BCUT2D eigenvalue weighted by Crippen LogP contribution is -2.46. The maximum Gasteiger partial charge on any atom is 0.407 e. The van der Waals surface area contributed by atoms with Gasteiger partial charge in [0.1, 0.15) is 18.0 Å². The second kappa shape index (κ2) is 13.0. The highest BCUT2D eigenvalue weighted by Gasteiger charge is 2.49. The molecule has 2 bridgehead atoms. The number of carbonyl (C=O) groups is 1. The molecule has 6 rings (SSSR count). The van der Waals surface area contributed by atoms with Crippen LogP contribution in [0.2, 0.25) is 30.7 Å². The van der Waals surface area contributed by atoms with Gasteiger partial charge in [0.05, 0.1) is 28.0 Å². The number of fused-ring (bicyclic) bond motifs is 4. The molecule has 49 heavy (non-hydrogen) atoms. The fraction of sp³-hybridized carbons (Fsp3) is 0.588. The average Bonchev–Trinajstić information content (AvgIpc) is 3.75. The van der Waals surface area contributed by atoms with Crippen LogP contribution < -0.4 is 15.8 Å². The minimum Gasteiger partial charge on any atom is -0.444 e. The van der Waals surface area contributed by atoms with Crippen LogP contribution in [0.1, 0.15) is 59.1 Å². The number of aromatic nitrogens is 5. The van der Waals surface area contributed by atoms with Crippen molar-refractivity contribution in [3.8, 4) is 11.1 Å². The summed E-state index contributed by atoms with van der Waals surface area (Å²) >= 11 is 6.95. The van der Waals surface area contributed by atoms with Crippen LogP contribution in [0.25, 0.3) is 33.1 Å². The molecule has 266 valence electrons. The molecule has 1 amide bonds. The van der Waals surface area contributed by atoms with Gasteiger partial charge in [-0.15, -0.1) is 0 Å². The van der Waals surface area contributed by atoms with Crippen molar-refractivity contribution in [3.63, 3.8) is 0 Å². The van der Waals surface area contributed by atoms with Gasteiger partial charge in [-0.05, 0) is 59.1 Å². The third kappa shape index (κ3) is 6.71. The van der Waals surface area contributed by atoms with E-state index >= 15 is 0 Å². The fourth-order valence-corrected chi connectivity index (χ4v) is 8.29. The minimum atomic E-state index is -2.79. The Morgan fingerprint density at radius 2 is 1.90 bits per heavy atom. The Morgan fingerprint density at radius 3 is 2.55 bits per heavy atom. The summed E-state index contributed by atoms with van der Waals surface area (Å²) in [5.41, 5.74) is 0.516. The normalized spacial score (nSPS) is 19.6. The molecule has 4 aromatic rings. The van der Waals surface area contributed by atoms with Gasteiger partial charge in [-0.3, -0.25) is 14.0 Å². The first-order valence-electron chi connectivity index (χ1n) is 16.9. The summed E-state index contributed by atoms with van der Waals surface area (Å²) in [4.78, 5) is 34.4. The molecule has 0 aliphatic carbocycles. The van der Waals surface area contributed by atoms with Gasteiger partial charge in [-0.25, -0.2) is 13.6 Å². The number of nitrogens with zero attached hydrogens (tertiary/aromatic N) is 6. The van der Waals surface area contributed by atoms with Gasteiger partial charge in [0.15, 0.2) is 5.65 Å². The van der Waals surface area contributed by atoms with Gasteiger partial charge in [0.2, 0.25) is 5.95 Å². The lowest BCUT2D eigenvalue weighted by Gasteiger charge is -2.28. The number of carbonyl (C=O) groups excluding carboxylic acids is 1. The van der Waals surface area contributed by atoms with E-state index in [4.69, 9.17) is 26.1 Å². The number of rotatable bonds is 10. The van der Waals surface area contributed by atoms with Crippen molar-refractivity contribution in [2.24, 2.45) is 7.05 Å². The molecule has 2 aliphatic rings. The number of hydrogen-bond donors (Lipinski definition) is 1. The largest absolute Gasteiger partial charge is 0.444 e. The highest BCUT2D eigenvalue weighted by atomic mass is 35.5. The molecule has 2 aliphatic heterocycles. The summed E-state index contributed by atoms with van der Waals surface area (Å²) in [7, 11) is 0.324. The molecule has 0 radical (unpaired) electrons. The number of anilines is 1. The number of aryl methyl sites for hydroxylation is 1. The Balaban J connectivity index is 1.45. The number of halogens is 3. The Bertz CT molecular complexity index is 1960. The zero-order valence-electron chi connectivity index (χ0n) is 29.4. The first kappa shape index (κ1) is 35.3. The SMILES string of the molecule is CCn1nc2ccc(-c3cn(COCC[Si](C)(C)C)c4nc(N5[C@H]6CC[C@@H]5[C@H](NC(=O)OC(C)(C)C)C6)n(C)c(=O)c34)c(Cl)c2c1C(F)F. The van der Waals surface area contributed by atoms with Crippen molar-refractivity contribution in [2.75, 3.05) is 11.5 Å². The van der Waals surface area contributed by atoms with Crippen LogP contribution in [0.15, 0.2) is 23.1 Å². The third-order valence-electron chi connectivity index (χ3n) is 9.45. The van der Waals surface area contributed by atoms with Crippen molar-refractivity contribution in [1.82, 2.24) is 29.2 Å². The lowest BCUT2D eigenvalue weighted by molar-refractivity contribution is 0.0497. The Hall–Kier alpha value is -3.49. The van der Waals surface area contributed by atoms with E-state index in [-0.39, 0.29) is 53.1 Å². The van der Waals surface area contributed by atoms with Crippen LogP contribution >= 0.6 is 11.6 Å². The van der Waals surface area contributed by atoms with Crippen molar-refractivity contribution in [2.45, 2.75) is 116 Å². The molecule has 0 spiro atoms. The maximum absolute atomic E-state index is 14.4. The molecule has 3 atom stereocenters. The number of amides is 1. The Morgan fingerprint density at radius 1 is 1.16 bits per heavy atom. The number of hydrogen-bond acceptors (Lipinski definition) is 7. The molecule has 3 aromatic heterocycles. The number of benzene rings is 1. The second-order valence-corrected chi connectivity index (χ2v) is 21.4. The molecule has 1 N–H and O–H groups in total. The molecule has 0 unspecified atom stereocenters. The topological polar surface area (TPSA) is 108 Å². The van der Waals surface area contributed by atoms with Gasteiger partial charge in [-0.1, -0.05) is 37.3 Å². The number of alkyl halides is 2. The Labute approximate surface area is 290 Å². The van der Waals surface area contributed by atoms with Crippen molar-refractivity contribution >= 4 is 53.7 Å². The van der Waals surface area contributed by atoms with Crippen LogP contribution in [-0.4, -0.2) is 68.4 Å². The molecular formula is C34H46ClF2N7O4Si. The number of nitrogens with one attached hydrogen (secondary N) is 1. The van der Waals surface area contributed by atoms with Gasteiger partial charge in [0, 0.05) is 57.0 Å². The molecule has 5 heterocycles. The highest BCUT2D eigenvalue weighted by Crippen LogP contribution is 2.43. The molecule has 11 nitrogen and oxygen atoms in total. The summed E-state index contributed by atoms with van der Waals surface area (Å²) < 4.78 is 44.9. The third-order valence-corrected chi connectivity index (χ3v) is 11.5. The number of alkyl carbamates (subject to hydrolysis) is 1. The lowest BCUT2D eigenvalue weighted by atomic mass is 9.96. The highest BCUT2D eigenvalue weighted by molar-refractivity contribution is 6.76. The van der Waals surface area contributed by atoms with E-state index in [1.165, 1.54) is 9.25 Å². The smallest absolute Gasteiger partial charge is 0.407 e. The molecule has 1 aromatic carbocycles.